The molecule has 0 saturated carbocycles. The molecule has 96 valence electrons. The van der Waals surface area contributed by atoms with Crippen LogP contribution < -0.4 is 0 Å². The molecule has 4 nitrogen and oxygen atoms in total. The fraction of sp³-hybridized carbons (Fsp3) is 0.538. The number of carbonyl (C=O) groups is 1. The van der Waals surface area contributed by atoms with Crippen molar-refractivity contribution < 1.29 is 4.79 Å². The van der Waals surface area contributed by atoms with Gasteiger partial charge in [0.1, 0.15) is 5.69 Å². The summed E-state index contributed by atoms with van der Waals surface area (Å²) in [5.41, 5.74) is 0.585. The minimum Gasteiger partial charge on any atom is -0.334 e. The lowest BCUT2D eigenvalue weighted by molar-refractivity contribution is 0.0602. The van der Waals surface area contributed by atoms with E-state index in [9.17, 15) is 4.79 Å². The maximum Gasteiger partial charge on any atom is 0.274 e. The molecule has 2 aromatic heterocycles. The zero-order valence-electron chi connectivity index (χ0n) is 10.5. The summed E-state index contributed by atoms with van der Waals surface area (Å²) in [4.78, 5) is 19.8. The second-order valence-corrected chi connectivity index (χ2v) is 5.65. The maximum absolute atomic E-state index is 12.5. The van der Waals surface area contributed by atoms with Gasteiger partial charge in [0, 0.05) is 30.4 Å². The molecule has 3 heterocycles. The van der Waals surface area contributed by atoms with Gasteiger partial charge in [-0.2, -0.15) is 0 Å². The van der Waals surface area contributed by atoms with Crippen LogP contribution in [0.15, 0.2) is 17.8 Å². The van der Waals surface area contributed by atoms with Gasteiger partial charge in [0.15, 0.2) is 4.96 Å². The van der Waals surface area contributed by atoms with Crippen molar-refractivity contribution in [3.8, 4) is 0 Å². The number of thiazole rings is 1. The van der Waals surface area contributed by atoms with Crippen LogP contribution in [-0.4, -0.2) is 32.8 Å². The minimum atomic E-state index is 0.0949. The SMILES string of the molecule is CCC1CCCCN1C(=O)c1cn2ccsc2n1. The highest BCUT2D eigenvalue weighted by Gasteiger charge is 2.27. The van der Waals surface area contributed by atoms with E-state index >= 15 is 0 Å². The number of nitrogens with zero attached hydrogens (tertiary/aromatic N) is 3. The number of fused-ring (bicyclic) bond motifs is 1. The van der Waals surface area contributed by atoms with Crippen molar-refractivity contribution >= 4 is 22.2 Å². The van der Waals surface area contributed by atoms with Gasteiger partial charge in [0.2, 0.25) is 0 Å². The highest BCUT2D eigenvalue weighted by atomic mass is 32.1. The van der Waals surface area contributed by atoms with Gasteiger partial charge in [-0.25, -0.2) is 4.98 Å². The van der Waals surface area contributed by atoms with Crippen LogP contribution >= 0.6 is 11.3 Å². The maximum atomic E-state index is 12.5. The highest BCUT2D eigenvalue weighted by molar-refractivity contribution is 7.15. The number of hydrogen-bond acceptors (Lipinski definition) is 3. The molecule has 0 aromatic carbocycles. The van der Waals surface area contributed by atoms with Crippen LogP contribution in [0.2, 0.25) is 0 Å². The predicted molar refractivity (Wildman–Crippen MR) is 72.0 cm³/mol. The Bertz CT molecular complexity index is 531. The molecule has 1 fully saturated rings. The lowest BCUT2D eigenvalue weighted by Gasteiger charge is -2.34. The largest absolute Gasteiger partial charge is 0.334 e. The van der Waals surface area contributed by atoms with Crippen LogP contribution in [0.25, 0.3) is 4.96 Å². The molecule has 0 bridgehead atoms. The predicted octanol–water partition coefficient (Wildman–Crippen LogP) is 2.80. The van der Waals surface area contributed by atoms with Crippen LogP contribution in [0.4, 0.5) is 0 Å². The van der Waals surface area contributed by atoms with Gasteiger partial charge in [0.25, 0.3) is 5.91 Å². The second kappa shape index (κ2) is 4.72. The molecule has 1 saturated heterocycles. The third-order valence-electron chi connectivity index (χ3n) is 3.67. The van der Waals surface area contributed by atoms with E-state index in [4.69, 9.17) is 0 Å². The Morgan fingerprint density at radius 1 is 1.56 bits per heavy atom. The second-order valence-electron chi connectivity index (χ2n) is 4.78. The number of piperidine rings is 1. The highest BCUT2D eigenvalue weighted by Crippen LogP contribution is 2.22. The lowest BCUT2D eigenvalue weighted by atomic mass is 10.00. The average Bonchev–Trinajstić information content (AvgIpc) is 2.98. The zero-order chi connectivity index (χ0) is 12.5. The number of amides is 1. The average molecular weight is 263 g/mol. The standard InChI is InChI=1S/C13H17N3OS/c1-2-10-5-3-4-6-16(10)12(17)11-9-15-7-8-18-13(15)14-11/h7-10H,2-6H2,1H3. The number of hydrogen-bond donors (Lipinski definition) is 0. The first-order valence-corrected chi connectivity index (χ1v) is 7.40. The Labute approximate surface area is 110 Å². The molecule has 3 rings (SSSR count). The number of carbonyl (C=O) groups excluding carboxylic acids is 1. The van der Waals surface area contributed by atoms with E-state index in [1.165, 1.54) is 6.42 Å². The van der Waals surface area contributed by atoms with Gasteiger partial charge >= 0.3 is 0 Å². The van der Waals surface area contributed by atoms with Gasteiger partial charge in [-0.1, -0.05) is 6.92 Å². The summed E-state index contributed by atoms with van der Waals surface area (Å²) in [6, 6.07) is 0.394. The van der Waals surface area contributed by atoms with Crippen LogP contribution in [-0.2, 0) is 0 Å². The molecule has 5 heteroatoms. The zero-order valence-corrected chi connectivity index (χ0v) is 11.3. The molecule has 0 radical (unpaired) electrons. The summed E-state index contributed by atoms with van der Waals surface area (Å²) in [5.74, 6) is 0.0949. The van der Waals surface area contributed by atoms with Crippen LogP contribution in [0.5, 0.6) is 0 Å². The van der Waals surface area contributed by atoms with Gasteiger partial charge in [-0.15, -0.1) is 11.3 Å². The summed E-state index contributed by atoms with van der Waals surface area (Å²) in [7, 11) is 0. The summed E-state index contributed by atoms with van der Waals surface area (Å²) >= 11 is 1.56. The van der Waals surface area contributed by atoms with Gasteiger partial charge in [0.05, 0.1) is 0 Å². The Balaban J connectivity index is 1.86. The normalized spacial score (nSPS) is 20.5. The van der Waals surface area contributed by atoms with E-state index < -0.39 is 0 Å². The quantitative estimate of drug-likeness (QED) is 0.835. The Morgan fingerprint density at radius 2 is 2.44 bits per heavy atom. The number of rotatable bonds is 2. The Kier molecular flexibility index (Phi) is 3.07. The fourth-order valence-electron chi connectivity index (χ4n) is 2.67. The third-order valence-corrected chi connectivity index (χ3v) is 4.44. The van der Waals surface area contributed by atoms with Crippen molar-refractivity contribution in [1.29, 1.82) is 0 Å². The van der Waals surface area contributed by atoms with Crippen LogP contribution in [0.3, 0.4) is 0 Å². The first-order chi connectivity index (χ1) is 8.79. The van der Waals surface area contributed by atoms with Gasteiger partial charge < -0.3 is 4.90 Å². The third kappa shape index (κ3) is 1.92. The van der Waals surface area contributed by atoms with Crippen LogP contribution in [0.1, 0.15) is 43.1 Å². The Hall–Kier alpha value is -1.36. The van der Waals surface area contributed by atoms with E-state index in [-0.39, 0.29) is 5.91 Å². The van der Waals surface area contributed by atoms with Crippen molar-refractivity contribution in [2.24, 2.45) is 0 Å². The molecule has 1 atom stereocenters. The smallest absolute Gasteiger partial charge is 0.274 e. The number of aromatic nitrogens is 2. The van der Waals surface area contributed by atoms with Gasteiger partial charge in [-0.05, 0) is 25.7 Å². The molecule has 0 N–H and O–H groups in total. The van der Waals surface area contributed by atoms with Gasteiger partial charge in [-0.3, -0.25) is 9.20 Å². The van der Waals surface area contributed by atoms with Crippen molar-refractivity contribution in [3.05, 3.63) is 23.5 Å². The van der Waals surface area contributed by atoms with E-state index in [2.05, 4.69) is 11.9 Å². The van der Waals surface area contributed by atoms with E-state index in [1.54, 1.807) is 11.3 Å². The first-order valence-electron chi connectivity index (χ1n) is 6.52. The summed E-state index contributed by atoms with van der Waals surface area (Å²) in [5, 5.41) is 1.98. The summed E-state index contributed by atoms with van der Waals surface area (Å²) < 4.78 is 1.92. The minimum absolute atomic E-state index is 0.0949. The van der Waals surface area contributed by atoms with E-state index in [1.807, 2.05) is 27.1 Å². The molecule has 2 aromatic rings. The number of likely N-dealkylation sites (tertiary alicyclic amines) is 1. The fourth-order valence-corrected chi connectivity index (χ4v) is 3.37. The van der Waals surface area contributed by atoms with Crippen molar-refractivity contribution in [3.63, 3.8) is 0 Å². The topological polar surface area (TPSA) is 37.6 Å². The lowest BCUT2D eigenvalue weighted by Crippen LogP contribution is -2.43. The molecule has 1 aliphatic rings. The molecule has 1 amide bonds. The Morgan fingerprint density at radius 3 is 3.22 bits per heavy atom. The number of imidazole rings is 1. The molecule has 0 spiro atoms. The van der Waals surface area contributed by atoms with E-state index in [0.29, 0.717) is 11.7 Å². The molecular weight excluding hydrogens is 246 g/mol. The summed E-state index contributed by atoms with van der Waals surface area (Å²) in [6.45, 7) is 3.03. The van der Waals surface area contributed by atoms with Crippen molar-refractivity contribution in [2.45, 2.75) is 38.6 Å². The van der Waals surface area contributed by atoms with Crippen molar-refractivity contribution in [2.75, 3.05) is 6.54 Å². The molecule has 1 aliphatic heterocycles. The first kappa shape index (κ1) is 11.7. The van der Waals surface area contributed by atoms with Crippen LogP contribution in [0, 0.1) is 0 Å². The van der Waals surface area contributed by atoms with E-state index in [0.717, 1.165) is 30.8 Å². The summed E-state index contributed by atoms with van der Waals surface area (Å²) in [6.07, 6.45) is 8.30. The van der Waals surface area contributed by atoms with Crippen molar-refractivity contribution in [1.82, 2.24) is 14.3 Å². The molecular formula is C13H17N3OS. The molecule has 18 heavy (non-hydrogen) atoms. The molecule has 0 aliphatic carbocycles. The monoisotopic (exact) mass is 263 g/mol. The molecule has 1 unspecified atom stereocenters.